The van der Waals surface area contributed by atoms with Crippen molar-refractivity contribution in [3.8, 4) is 22.3 Å². The Morgan fingerprint density at radius 1 is 0.500 bits per heavy atom. The molecule has 0 saturated carbocycles. The monoisotopic (exact) mass is 976 g/mol. The van der Waals surface area contributed by atoms with E-state index in [0.29, 0.717) is 0 Å². The SMILES string of the molecule is CC(C)(C)c1cc2c(cc1-c1ccccc1)[cH-]c1cc(-c3ccccc3)c(C(C)(C)C)cc12.[Cl][Zr]([Cl])=[C](c1ccc(Br)cc1)c1ccc(Br)cc1.c1cc[cH-]c1. The molecule has 0 amide bonds. The number of fused-ring (bicyclic) bond motifs is 3. The molecule has 0 nitrogen and oxygen atoms in total. The molecule has 8 aromatic rings. The van der Waals surface area contributed by atoms with Gasteiger partial charge in [0.05, 0.1) is 0 Å². The quantitative estimate of drug-likeness (QED) is 0.154. The summed E-state index contributed by atoms with van der Waals surface area (Å²) in [6.45, 7) is 13.9. The number of rotatable bonds is 4. The Morgan fingerprint density at radius 2 is 0.875 bits per heavy atom. The summed E-state index contributed by atoms with van der Waals surface area (Å²) in [6.07, 6.45) is 0. The van der Waals surface area contributed by atoms with Crippen molar-refractivity contribution in [3.05, 3.63) is 201 Å². The van der Waals surface area contributed by atoms with Crippen LogP contribution in [0.4, 0.5) is 0 Å². The molecule has 0 heterocycles. The van der Waals surface area contributed by atoms with E-state index >= 15 is 0 Å². The summed E-state index contributed by atoms with van der Waals surface area (Å²) in [5.74, 6) is 0. The molecule has 8 aromatic carbocycles. The molecule has 0 atom stereocenters. The van der Waals surface area contributed by atoms with Gasteiger partial charge in [0.2, 0.25) is 0 Å². The number of benzene rings is 6. The van der Waals surface area contributed by atoms with E-state index in [9.17, 15) is 0 Å². The third-order valence-electron chi connectivity index (χ3n) is 9.78. The Hall–Kier alpha value is -3.17. The predicted octanol–water partition coefficient (Wildman–Crippen LogP) is 16.8. The minimum Gasteiger partial charge on any atom is -0.214 e. The molecule has 0 fully saturated rings. The molecule has 0 bridgehead atoms. The average molecular weight is 981 g/mol. The first kappa shape index (κ1) is 42.4. The van der Waals surface area contributed by atoms with Crippen LogP contribution >= 0.6 is 48.9 Å². The van der Waals surface area contributed by atoms with Gasteiger partial charge in [0.1, 0.15) is 0 Å². The van der Waals surface area contributed by atoms with Gasteiger partial charge in [-0.3, -0.25) is 0 Å². The van der Waals surface area contributed by atoms with Crippen molar-refractivity contribution in [1.82, 2.24) is 0 Å². The van der Waals surface area contributed by atoms with E-state index in [4.69, 9.17) is 17.0 Å². The molecule has 0 aliphatic heterocycles. The first-order chi connectivity index (χ1) is 26.7. The van der Waals surface area contributed by atoms with Crippen molar-refractivity contribution < 1.29 is 18.9 Å². The van der Waals surface area contributed by atoms with Crippen LogP contribution in [0.1, 0.15) is 63.8 Å². The molecule has 0 aromatic heterocycles. The predicted molar refractivity (Wildman–Crippen MR) is 251 cm³/mol. The normalized spacial score (nSPS) is 11.4. The number of halogens is 4. The van der Waals surface area contributed by atoms with Gasteiger partial charge in [0.15, 0.2) is 0 Å². The van der Waals surface area contributed by atoms with Crippen LogP contribution in [0.5, 0.6) is 0 Å². The fourth-order valence-electron chi connectivity index (χ4n) is 7.00. The molecule has 56 heavy (non-hydrogen) atoms. The topological polar surface area (TPSA) is 0 Å². The van der Waals surface area contributed by atoms with Gasteiger partial charge in [-0.2, -0.15) is 18.2 Å². The van der Waals surface area contributed by atoms with E-state index in [-0.39, 0.29) is 10.8 Å². The van der Waals surface area contributed by atoms with E-state index in [2.05, 4.69) is 164 Å². The van der Waals surface area contributed by atoms with Gasteiger partial charge in [-0.25, -0.2) is 12.1 Å². The zero-order chi connectivity index (χ0) is 40.0. The Labute approximate surface area is 364 Å². The van der Waals surface area contributed by atoms with Crippen molar-refractivity contribution in [3.63, 3.8) is 0 Å². The van der Waals surface area contributed by atoms with Gasteiger partial charge in [0.25, 0.3) is 0 Å². The fourth-order valence-corrected chi connectivity index (χ4v) is 12.0. The second-order valence-electron chi connectivity index (χ2n) is 16.0. The zero-order valence-electron chi connectivity index (χ0n) is 32.7. The van der Waals surface area contributed by atoms with Crippen LogP contribution in [0.3, 0.4) is 0 Å². The number of hydrogen-bond donors (Lipinski definition) is 0. The molecule has 284 valence electrons. The van der Waals surface area contributed by atoms with Crippen molar-refractivity contribution in [2.75, 3.05) is 0 Å². The Bertz CT molecular complexity index is 2360. The second-order valence-corrected chi connectivity index (χ2v) is 25.9. The molecule has 0 aliphatic carbocycles. The van der Waals surface area contributed by atoms with Gasteiger partial charge in [0, 0.05) is 0 Å². The van der Waals surface area contributed by atoms with Crippen LogP contribution in [0.15, 0.2) is 179 Å². The molecule has 8 rings (SSSR count). The molecular weight excluding hydrogens is 934 g/mol. The van der Waals surface area contributed by atoms with Crippen molar-refractivity contribution in [1.29, 1.82) is 0 Å². The van der Waals surface area contributed by atoms with E-state index in [1.54, 1.807) is 0 Å². The first-order valence-corrected chi connectivity index (χ1v) is 27.9. The van der Waals surface area contributed by atoms with Gasteiger partial charge in [-0.05, 0) is 44.2 Å². The van der Waals surface area contributed by atoms with Gasteiger partial charge in [-0.15, -0.1) is 39.7 Å². The van der Waals surface area contributed by atoms with Crippen LogP contribution in [0.25, 0.3) is 43.8 Å². The molecule has 0 aliphatic rings. The Kier molecular flexibility index (Phi) is 14.1. The summed E-state index contributed by atoms with van der Waals surface area (Å²) in [4.78, 5) is 0. The van der Waals surface area contributed by atoms with E-state index < -0.39 is 18.9 Å². The summed E-state index contributed by atoms with van der Waals surface area (Å²) in [7, 11) is 12.6. The summed E-state index contributed by atoms with van der Waals surface area (Å²) >= 11 is 4.35. The average Bonchev–Trinajstić information content (AvgIpc) is 3.88. The Morgan fingerprint density at radius 3 is 1.18 bits per heavy atom. The van der Waals surface area contributed by atoms with Crippen LogP contribution in [0.2, 0.25) is 0 Å². The summed E-state index contributed by atoms with van der Waals surface area (Å²) in [5, 5.41) is 5.36. The second kappa shape index (κ2) is 18.6. The van der Waals surface area contributed by atoms with Gasteiger partial charge in [-0.1, -0.05) is 114 Å². The fraction of sp³-hybridized carbons (Fsp3) is 0.157. The van der Waals surface area contributed by atoms with Crippen LogP contribution in [-0.2, 0) is 29.7 Å². The van der Waals surface area contributed by atoms with E-state index in [0.717, 1.165) is 23.3 Å². The van der Waals surface area contributed by atoms with Crippen molar-refractivity contribution in [2.45, 2.75) is 52.4 Å². The zero-order valence-corrected chi connectivity index (χ0v) is 39.8. The van der Waals surface area contributed by atoms with Crippen molar-refractivity contribution in [2.24, 2.45) is 0 Å². The van der Waals surface area contributed by atoms with Crippen LogP contribution in [0, 0.1) is 0 Å². The molecule has 0 radical (unpaired) electrons. The summed E-state index contributed by atoms with van der Waals surface area (Å²) in [6, 6.07) is 59.9. The standard InChI is InChI=1S/C33H33.C13H8Br2.C5H5.2ClH.Zr/c1-32(2,3)30-20-26-24(18-28(30)22-13-9-7-10-14-22)17-25-19-29(23-15-11-8-12-16-23)31(21-27(25)26)33(4,5)6;14-12-5-1-10(2-6-12)9-11-3-7-13(15)8-4-11;1-2-4-5-3-1;;;/h7-21H,1-6H3;1-8H;1-5H;2*1H;/q-1;;-1;;;+2/p-2. The molecule has 0 N–H and O–H groups in total. The summed E-state index contributed by atoms with van der Waals surface area (Å²) in [5.41, 5.74) is 10.4. The maximum Gasteiger partial charge on any atom is -0.172 e. The largest absolute Gasteiger partial charge is 0.214 e. The number of hydrogen-bond acceptors (Lipinski definition) is 0. The van der Waals surface area contributed by atoms with Crippen molar-refractivity contribution >= 4 is 73.6 Å². The maximum atomic E-state index is 6.29. The first-order valence-electron chi connectivity index (χ1n) is 18.8. The summed E-state index contributed by atoms with van der Waals surface area (Å²) < 4.78 is 3.21. The minimum atomic E-state index is -2.51. The molecule has 0 spiro atoms. The van der Waals surface area contributed by atoms with Gasteiger partial charge >= 0.3 is 140 Å². The molecular formula is C51H46Br2Cl2Zr-2. The molecule has 0 saturated heterocycles. The molecule has 0 unspecified atom stereocenters. The van der Waals surface area contributed by atoms with E-state index in [1.165, 1.54) is 54.9 Å². The van der Waals surface area contributed by atoms with E-state index in [1.807, 2.05) is 78.9 Å². The Balaban J connectivity index is 0.000000192. The smallest absolute Gasteiger partial charge is 0.172 e. The van der Waals surface area contributed by atoms with Crippen LogP contribution in [-0.4, -0.2) is 3.21 Å². The third-order valence-corrected chi connectivity index (χ3v) is 15.4. The third kappa shape index (κ3) is 10.5. The minimum absolute atomic E-state index is 0.0554. The maximum absolute atomic E-state index is 6.29. The van der Waals surface area contributed by atoms with Crippen LogP contribution < -0.4 is 0 Å². The van der Waals surface area contributed by atoms with Gasteiger partial charge < -0.3 is 0 Å². The molecule has 5 heteroatoms.